The van der Waals surface area contributed by atoms with Gasteiger partial charge in [0.1, 0.15) is 0 Å². The Morgan fingerprint density at radius 2 is 2.12 bits per heavy atom. The zero-order valence-electron chi connectivity index (χ0n) is 14.3. The van der Waals surface area contributed by atoms with Crippen molar-refractivity contribution >= 4 is 23.2 Å². The van der Waals surface area contributed by atoms with Crippen LogP contribution in [-0.2, 0) is 29.1 Å². The Morgan fingerprint density at radius 3 is 3.04 bits per heavy atom. The lowest BCUT2D eigenvalue weighted by molar-refractivity contribution is -0.134. The van der Waals surface area contributed by atoms with Gasteiger partial charge >= 0.3 is 0 Å². The molecule has 1 aromatic heterocycles. The molecular weight excluding hydrogens is 352 g/mol. The van der Waals surface area contributed by atoms with E-state index in [4.69, 9.17) is 9.47 Å². The number of hydrogen-bond donors (Lipinski definition) is 1. The van der Waals surface area contributed by atoms with Crippen LogP contribution in [0.3, 0.4) is 0 Å². The molecule has 0 spiro atoms. The van der Waals surface area contributed by atoms with Gasteiger partial charge in [-0.1, -0.05) is 12.1 Å². The second-order valence-electron chi connectivity index (χ2n) is 6.36. The molecule has 0 fully saturated rings. The molecule has 1 N–H and O–H groups in total. The number of nitrogens with zero attached hydrogens (tertiary/aromatic N) is 1. The van der Waals surface area contributed by atoms with Crippen LogP contribution in [0, 0.1) is 0 Å². The van der Waals surface area contributed by atoms with Gasteiger partial charge in [0.15, 0.2) is 11.5 Å². The van der Waals surface area contributed by atoms with Crippen molar-refractivity contribution in [3.8, 4) is 11.5 Å². The first-order valence-electron chi connectivity index (χ1n) is 8.68. The van der Waals surface area contributed by atoms with Gasteiger partial charge in [-0.3, -0.25) is 9.59 Å². The van der Waals surface area contributed by atoms with Crippen molar-refractivity contribution in [1.82, 2.24) is 10.2 Å². The van der Waals surface area contributed by atoms with Gasteiger partial charge in [-0.25, -0.2) is 0 Å². The molecule has 0 bridgehead atoms. The number of carbonyl (C=O) groups excluding carboxylic acids is 2. The summed E-state index contributed by atoms with van der Waals surface area (Å²) in [5.74, 6) is 1.28. The van der Waals surface area contributed by atoms with Gasteiger partial charge in [-0.05, 0) is 29.5 Å². The predicted molar refractivity (Wildman–Crippen MR) is 97.1 cm³/mol. The first kappa shape index (κ1) is 16.9. The lowest BCUT2D eigenvalue weighted by Crippen LogP contribution is -2.36. The molecule has 7 heteroatoms. The normalized spacial score (nSPS) is 14.8. The van der Waals surface area contributed by atoms with E-state index in [1.165, 1.54) is 10.4 Å². The molecule has 26 heavy (non-hydrogen) atoms. The Labute approximate surface area is 155 Å². The van der Waals surface area contributed by atoms with E-state index in [1.54, 1.807) is 11.3 Å². The molecule has 0 saturated carbocycles. The molecule has 0 atom stereocenters. The third-order valence-electron chi connectivity index (χ3n) is 4.68. The fraction of sp³-hybridized carbons (Fsp3) is 0.368. The summed E-state index contributed by atoms with van der Waals surface area (Å²) in [4.78, 5) is 27.7. The van der Waals surface area contributed by atoms with Crippen molar-refractivity contribution < 1.29 is 19.1 Å². The van der Waals surface area contributed by atoms with E-state index in [9.17, 15) is 9.59 Å². The Kier molecular flexibility index (Phi) is 4.79. The van der Waals surface area contributed by atoms with Crippen molar-refractivity contribution in [3.63, 3.8) is 0 Å². The van der Waals surface area contributed by atoms with Gasteiger partial charge in [-0.15, -0.1) is 11.3 Å². The third-order valence-corrected chi connectivity index (χ3v) is 5.70. The van der Waals surface area contributed by atoms with E-state index in [0.717, 1.165) is 18.5 Å². The smallest absolute Gasteiger partial charge is 0.231 e. The van der Waals surface area contributed by atoms with Crippen LogP contribution in [0.4, 0.5) is 0 Å². The van der Waals surface area contributed by atoms with Crippen LogP contribution in [0.2, 0.25) is 0 Å². The summed E-state index contributed by atoms with van der Waals surface area (Å²) in [6.45, 7) is 1.96. The molecule has 2 aliphatic rings. The van der Waals surface area contributed by atoms with E-state index in [1.807, 2.05) is 23.1 Å². The standard InChI is InChI=1S/C19H20N2O4S/c22-17(20-10-13-2-1-3-15-19(13)25-12-24-15)4-5-18(23)21-8-6-16-14(11-21)7-9-26-16/h1-3,7,9H,4-6,8,10-12H2,(H,20,22). The van der Waals surface area contributed by atoms with Crippen molar-refractivity contribution in [1.29, 1.82) is 0 Å². The molecule has 4 rings (SSSR count). The quantitative estimate of drug-likeness (QED) is 0.875. The maximum Gasteiger partial charge on any atom is 0.231 e. The monoisotopic (exact) mass is 372 g/mol. The Bertz CT molecular complexity index is 833. The zero-order valence-corrected chi connectivity index (χ0v) is 15.1. The van der Waals surface area contributed by atoms with Crippen LogP contribution < -0.4 is 14.8 Å². The van der Waals surface area contributed by atoms with Gasteiger partial charge in [0, 0.05) is 42.9 Å². The average molecular weight is 372 g/mol. The number of fused-ring (bicyclic) bond motifs is 2. The zero-order chi connectivity index (χ0) is 17.9. The topological polar surface area (TPSA) is 67.9 Å². The minimum absolute atomic E-state index is 0.0364. The molecule has 2 aromatic rings. The second kappa shape index (κ2) is 7.37. The predicted octanol–water partition coefficient (Wildman–Crippen LogP) is 2.46. The second-order valence-corrected chi connectivity index (χ2v) is 7.36. The minimum Gasteiger partial charge on any atom is -0.454 e. The molecular formula is C19H20N2O4S. The van der Waals surface area contributed by atoms with Crippen LogP contribution in [0.1, 0.15) is 28.8 Å². The summed E-state index contributed by atoms with van der Waals surface area (Å²) in [5.41, 5.74) is 2.11. The van der Waals surface area contributed by atoms with Crippen molar-refractivity contribution in [2.75, 3.05) is 13.3 Å². The molecule has 0 saturated heterocycles. The molecule has 6 nitrogen and oxygen atoms in total. The van der Waals surface area contributed by atoms with Crippen LogP contribution >= 0.6 is 11.3 Å². The number of para-hydroxylation sites is 1. The number of benzene rings is 1. The number of rotatable bonds is 5. The first-order chi connectivity index (χ1) is 12.7. The van der Waals surface area contributed by atoms with Crippen molar-refractivity contribution in [3.05, 3.63) is 45.6 Å². The Morgan fingerprint density at radius 1 is 1.19 bits per heavy atom. The summed E-state index contributed by atoms with van der Waals surface area (Å²) >= 11 is 1.75. The highest BCUT2D eigenvalue weighted by Gasteiger charge is 2.22. The number of amides is 2. The SMILES string of the molecule is O=C(CCC(=O)N1CCc2sccc2C1)NCc1cccc2c1OCO2. The maximum absolute atomic E-state index is 12.4. The Hall–Kier alpha value is -2.54. The highest BCUT2D eigenvalue weighted by molar-refractivity contribution is 7.10. The fourth-order valence-electron chi connectivity index (χ4n) is 3.25. The van der Waals surface area contributed by atoms with Gasteiger partial charge in [0.2, 0.25) is 18.6 Å². The number of carbonyl (C=O) groups is 2. The number of thiophene rings is 1. The van der Waals surface area contributed by atoms with Crippen LogP contribution in [-0.4, -0.2) is 30.1 Å². The van der Waals surface area contributed by atoms with Gasteiger partial charge in [0.05, 0.1) is 0 Å². The average Bonchev–Trinajstić information content (AvgIpc) is 3.32. The minimum atomic E-state index is -0.136. The summed E-state index contributed by atoms with van der Waals surface area (Å²) in [6.07, 6.45) is 1.34. The summed E-state index contributed by atoms with van der Waals surface area (Å²) in [5, 5.41) is 4.93. The fourth-order valence-corrected chi connectivity index (χ4v) is 4.14. The van der Waals surface area contributed by atoms with Crippen LogP contribution in [0.15, 0.2) is 29.6 Å². The van der Waals surface area contributed by atoms with E-state index < -0.39 is 0 Å². The molecule has 0 radical (unpaired) electrons. The van der Waals surface area contributed by atoms with E-state index in [0.29, 0.717) is 24.6 Å². The maximum atomic E-state index is 12.4. The lowest BCUT2D eigenvalue weighted by atomic mass is 10.1. The molecule has 136 valence electrons. The van der Waals surface area contributed by atoms with Gasteiger partial charge in [0.25, 0.3) is 0 Å². The number of hydrogen-bond acceptors (Lipinski definition) is 5. The van der Waals surface area contributed by atoms with Crippen LogP contribution in [0.5, 0.6) is 11.5 Å². The van der Waals surface area contributed by atoms with E-state index in [-0.39, 0.29) is 31.4 Å². The Balaban J connectivity index is 1.24. The highest BCUT2D eigenvalue weighted by atomic mass is 32.1. The first-order valence-corrected chi connectivity index (χ1v) is 9.56. The van der Waals surface area contributed by atoms with Crippen molar-refractivity contribution in [2.24, 2.45) is 0 Å². The van der Waals surface area contributed by atoms with Gasteiger partial charge in [-0.2, -0.15) is 0 Å². The molecule has 0 aliphatic carbocycles. The largest absolute Gasteiger partial charge is 0.454 e. The number of nitrogens with one attached hydrogen (secondary N) is 1. The molecule has 1 aromatic carbocycles. The number of ether oxygens (including phenoxy) is 2. The molecule has 0 unspecified atom stereocenters. The van der Waals surface area contributed by atoms with Crippen LogP contribution in [0.25, 0.3) is 0 Å². The highest BCUT2D eigenvalue weighted by Crippen LogP contribution is 2.35. The summed E-state index contributed by atoms with van der Waals surface area (Å²) in [6, 6.07) is 7.68. The van der Waals surface area contributed by atoms with Crippen molar-refractivity contribution in [2.45, 2.75) is 32.4 Å². The third kappa shape index (κ3) is 3.53. The summed E-state index contributed by atoms with van der Waals surface area (Å²) < 4.78 is 10.8. The lowest BCUT2D eigenvalue weighted by Gasteiger charge is -2.27. The molecule has 2 amide bonds. The van der Waals surface area contributed by atoms with Gasteiger partial charge < -0.3 is 19.7 Å². The molecule has 3 heterocycles. The van der Waals surface area contributed by atoms with E-state index >= 15 is 0 Å². The summed E-state index contributed by atoms with van der Waals surface area (Å²) in [7, 11) is 0. The van der Waals surface area contributed by atoms with E-state index in [2.05, 4.69) is 16.8 Å². The molecule has 2 aliphatic heterocycles.